The lowest BCUT2D eigenvalue weighted by atomic mass is 10.1. The number of carbonyl (C=O) groups excluding carboxylic acids is 1. The van der Waals surface area contributed by atoms with E-state index in [4.69, 9.17) is 0 Å². The summed E-state index contributed by atoms with van der Waals surface area (Å²) in [5, 5.41) is 3.94. The van der Waals surface area contributed by atoms with E-state index in [-0.39, 0.29) is 18.0 Å². The van der Waals surface area contributed by atoms with Gasteiger partial charge in [-0.15, -0.1) is 11.3 Å². The Morgan fingerprint density at radius 1 is 1.41 bits per heavy atom. The van der Waals surface area contributed by atoms with Crippen LogP contribution in [0.4, 0.5) is 0 Å². The standard InChI is InChI=1S/C15H17N5OS/c1-10-5-6-14(22-10)12-8-13(19-18-12)15(21)20-17-9-11-4-2-3-7-16-11/h2-7,9,12-13,18-19H,8H2,1H3,(H,20,21)/b17-9+. The molecule has 0 spiro atoms. The monoisotopic (exact) mass is 315 g/mol. The van der Waals surface area contributed by atoms with Crippen LogP contribution in [0, 0.1) is 6.92 Å². The fourth-order valence-corrected chi connectivity index (χ4v) is 3.19. The lowest BCUT2D eigenvalue weighted by molar-refractivity contribution is -0.122. The van der Waals surface area contributed by atoms with E-state index in [1.807, 2.05) is 18.2 Å². The van der Waals surface area contributed by atoms with Crippen molar-refractivity contribution in [1.29, 1.82) is 0 Å². The van der Waals surface area contributed by atoms with Crippen molar-refractivity contribution in [1.82, 2.24) is 21.3 Å². The van der Waals surface area contributed by atoms with Gasteiger partial charge in [-0.1, -0.05) is 6.07 Å². The second kappa shape index (κ2) is 6.78. The number of nitrogens with zero attached hydrogens (tertiary/aromatic N) is 2. The van der Waals surface area contributed by atoms with Crippen molar-refractivity contribution in [2.24, 2.45) is 5.10 Å². The van der Waals surface area contributed by atoms with Crippen LogP contribution >= 0.6 is 11.3 Å². The molecule has 22 heavy (non-hydrogen) atoms. The van der Waals surface area contributed by atoms with E-state index >= 15 is 0 Å². The van der Waals surface area contributed by atoms with Crippen molar-refractivity contribution in [3.8, 4) is 0 Å². The number of hydrogen-bond acceptors (Lipinski definition) is 6. The van der Waals surface area contributed by atoms with Crippen molar-refractivity contribution in [2.45, 2.75) is 25.4 Å². The highest BCUT2D eigenvalue weighted by Crippen LogP contribution is 2.28. The Morgan fingerprint density at radius 2 is 2.32 bits per heavy atom. The molecule has 7 heteroatoms. The summed E-state index contributed by atoms with van der Waals surface area (Å²) in [6.45, 7) is 2.08. The minimum Gasteiger partial charge on any atom is -0.271 e. The molecular weight excluding hydrogens is 298 g/mol. The van der Waals surface area contributed by atoms with Gasteiger partial charge in [0.05, 0.1) is 18.0 Å². The highest BCUT2D eigenvalue weighted by Gasteiger charge is 2.30. The lowest BCUT2D eigenvalue weighted by Gasteiger charge is -2.06. The van der Waals surface area contributed by atoms with Crippen LogP contribution in [0.1, 0.15) is 27.9 Å². The Hall–Kier alpha value is -2.09. The molecule has 2 atom stereocenters. The van der Waals surface area contributed by atoms with Gasteiger partial charge < -0.3 is 0 Å². The van der Waals surface area contributed by atoms with Gasteiger partial charge in [0, 0.05) is 16.0 Å². The third-order valence-electron chi connectivity index (χ3n) is 3.38. The normalized spacial score (nSPS) is 21.3. The summed E-state index contributed by atoms with van der Waals surface area (Å²) in [7, 11) is 0. The molecule has 1 fully saturated rings. The number of nitrogens with one attached hydrogen (secondary N) is 3. The van der Waals surface area contributed by atoms with Crippen LogP contribution in [0.5, 0.6) is 0 Å². The van der Waals surface area contributed by atoms with Gasteiger partial charge in [0.1, 0.15) is 6.04 Å². The minimum absolute atomic E-state index is 0.157. The summed E-state index contributed by atoms with van der Waals surface area (Å²) in [4.78, 5) is 18.7. The molecule has 0 bridgehead atoms. The number of aromatic nitrogens is 1. The molecule has 0 saturated carbocycles. The Bertz CT molecular complexity index is 670. The van der Waals surface area contributed by atoms with E-state index in [9.17, 15) is 4.79 Å². The zero-order chi connectivity index (χ0) is 15.4. The van der Waals surface area contributed by atoms with Crippen molar-refractivity contribution in [2.75, 3.05) is 0 Å². The number of rotatable bonds is 4. The third kappa shape index (κ3) is 3.56. The number of hydrazone groups is 1. The Kier molecular flexibility index (Phi) is 4.57. The summed E-state index contributed by atoms with van der Waals surface area (Å²) < 4.78 is 0. The van der Waals surface area contributed by atoms with E-state index in [2.05, 4.69) is 45.4 Å². The summed E-state index contributed by atoms with van der Waals surface area (Å²) in [6.07, 6.45) is 3.91. The van der Waals surface area contributed by atoms with Gasteiger partial charge in [0.2, 0.25) is 0 Å². The van der Waals surface area contributed by atoms with E-state index in [0.717, 1.165) is 0 Å². The van der Waals surface area contributed by atoms with Gasteiger partial charge >= 0.3 is 0 Å². The second-order valence-electron chi connectivity index (χ2n) is 5.07. The molecular formula is C15H17N5OS. The molecule has 1 aliphatic heterocycles. The van der Waals surface area contributed by atoms with Crippen LogP contribution in [-0.4, -0.2) is 23.1 Å². The molecule has 1 amide bonds. The molecule has 0 aromatic carbocycles. The zero-order valence-electron chi connectivity index (χ0n) is 12.1. The van der Waals surface area contributed by atoms with Crippen LogP contribution in [0.2, 0.25) is 0 Å². The predicted molar refractivity (Wildman–Crippen MR) is 86.4 cm³/mol. The maximum atomic E-state index is 12.1. The van der Waals surface area contributed by atoms with Gasteiger partial charge in [-0.3, -0.25) is 9.78 Å². The first-order valence-corrected chi connectivity index (χ1v) is 7.85. The van der Waals surface area contributed by atoms with Crippen molar-refractivity contribution in [3.63, 3.8) is 0 Å². The fourth-order valence-electron chi connectivity index (χ4n) is 2.25. The van der Waals surface area contributed by atoms with Crippen LogP contribution < -0.4 is 16.3 Å². The van der Waals surface area contributed by atoms with Crippen molar-refractivity contribution >= 4 is 23.5 Å². The molecule has 0 aliphatic carbocycles. The fraction of sp³-hybridized carbons (Fsp3) is 0.267. The molecule has 2 aromatic rings. The maximum absolute atomic E-state index is 12.1. The Labute approximate surface area is 132 Å². The number of hydrogen-bond donors (Lipinski definition) is 3. The molecule has 2 unspecified atom stereocenters. The van der Waals surface area contributed by atoms with E-state index in [1.54, 1.807) is 17.5 Å². The highest BCUT2D eigenvalue weighted by molar-refractivity contribution is 7.12. The van der Waals surface area contributed by atoms with Crippen molar-refractivity contribution < 1.29 is 4.79 Å². The SMILES string of the molecule is Cc1ccc(C2CC(C(=O)N/N=C/c3ccccn3)NN2)s1. The molecule has 3 rings (SSSR count). The van der Waals surface area contributed by atoms with E-state index < -0.39 is 0 Å². The van der Waals surface area contributed by atoms with Gasteiger partial charge in [-0.25, -0.2) is 16.3 Å². The number of aryl methyl sites for hydroxylation is 1. The lowest BCUT2D eigenvalue weighted by Crippen LogP contribution is -2.41. The van der Waals surface area contributed by atoms with Gasteiger partial charge in [-0.05, 0) is 37.6 Å². The highest BCUT2D eigenvalue weighted by atomic mass is 32.1. The summed E-state index contributed by atoms with van der Waals surface area (Å²) in [5.41, 5.74) is 9.42. The average molecular weight is 315 g/mol. The van der Waals surface area contributed by atoms with Crippen LogP contribution in [0.15, 0.2) is 41.6 Å². The maximum Gasteiger partial charge on any atom is 0.258 e. The zero-order valence-corrected chi connectivity index (χ0v) is 12.9. The van der Waals surface area contributed by atoms with E-state index in [1.165, 1.54) is 16.0 Å². The first kappa shape index (κ1) is 14.8. The van der Waals surface area contributed by atoms with Crippen LogP contribution in [0.3, 0.4) is 0 Å². The molecule has 1 aliphatic rings. The molecule has 3 heterocycles. The Balaban J connectivity index is 1.52. The number of pyridine rings is 1. The number of thiophene rings is 1. The summed E-state index contributed by atoms with van der Waals surface area (Å²) in [6, 6.07) is 9.57. The topological polar surface area (TPSA) is 78.4 Å². The summed E-state index contributed by atoms with van der Waals surface area (Å²) >= 11 is 1.74. The number of amides is 1. The molecule has 1 saturated heterocycles. The predicted octanol–water partition coefficient (Wildman–Crippen LogP) is 1.51. The van der Waals surface area contributed by atoms with Crippen LogP contribution in [0.25, 0.3) is 0 Å². The average Bonchev–Trinajstić information content (AvgIpc) is 3.17. The Morgan fingerprint density at radius 3 is 3.05 bits per heavy atom. The first-order chi connectivity index (χ1) is 10.7. The van der Waals surface area contributed by atoms with Crippen molar-refractivity contribution in [3.05, 3.63) is 52.0 Å². The van der Waals surface area contributed by atoms with Gasteiger partial charge in [0.25, 0.3) is 5.91 Å². The molecule has 2 aromatic heterocycles. The van der Waals surface area contributed by atoms with Crippen LogP contribution in [-0.2, 0) is 4.79 Å². The second-order valence-corrected chi connectivity index (χ2v) is 6.39. The minimum atomic E-state index is -0.298. The quantitative estimate of drug-likeness (QED) is 0.590. The van der Waals surface area contributed by atoms with Gasteiger partial charge in [0.15, 0.2) is 0 Å². The molecule has 3 N–H and O–H groups in total. The molecule has 114 valence electrons. The van der Waals surface area contributed by atoms with E-state index in [0.29, 0.717) is 12.1 Å². The largest absolute Gasteiger partial charge is 0.271 e. The number of carbonyl (C=O) groups is 1. The number of hydrazine groups is 1. The van der Waals surface area contributed by atoms with Gasteiger partial charge in [-0.2, -0.15) is 5.10 Å². The first-order valence-electron chi connectivity index (χ1n) is 7.04. The summed E-state index contributed by atoms with van der Waals surface area (Å²) in [5.74, 6) is -0.157. The third-order valence-corrected chi connectivity index (χ3v) is 4.50. The smallest absolute Gasteiger partial charge is 0.258 e. The molecule has 6 nitrogen and oxygen atoms in total. The molecule has 0 radical (unpaired) electrons.